The normalized spacial score (nSPS) is 21.2. The number of rotatable bonds is 4. The lowest BCUT2D eigenvalue weighted by molar-refractivity contribution is -0.143. The minimum absolute atomic E-state index is 0.263. The fraction of sp³-hybridized carbons (Fsp3) is 0.733. The summed E-state index contributed by atoms with van der Waals surface area (Å²) in [7, 11) is 3.89. The molecule has 0 radical (unpaired) electrons. The Labute approximate surface area is 130 Å². The van der Waals surface area contributed by atoms with Gasteiger partial charge in [-0.3, -0.25) is 9.69 Å². The van der Waals surface area contributed by atoms with Gasteiger partial charge in [0.25, 0.3) is 0 Å². The van der Waals surface area contributed by atoms with Crippen LogP contribution in [0.4, 0.5) is 0 Å². The molecule has 0 saturated carbocycles. The molecule has 0 aliphatic carbocycles. The summed E-state index contributed by atoms with van der Waals surface area (Å²) in [6, 6.07) is 0. The largest absolute Gasteiger partial charge is 0.340 e. The predicted octanol–water partition coefficient (Wildman–Crippen LogP) is 1.05. The minimum Gasteiger partial charge on any atom is -0.340 e. The van der Waals surface area contributed by atoms with Crippen LogP contribution < -0.4 is 0 Å². The lowest BCUT2D eigenvalue weighted by Crippen LogP contribution is -2.60. The molecule has 0 N–H and O–H groups in total. The summed E-state index contributed by atoms with van der Waals surface area (Å²) in [4.78, 5) is 23.0. The second-order valence-corrected chi connectivity index (χ2v) is 7.87. The molecular weight excluding hydrogens is 284 g/mol. The molecule has 5 nitrogen and oxygen atoms in total. The Hall–Kier alpha value is -0.980. The third-order valence-electron chi connectivity index (χ3n) is 4.43. The highest BCUT2D eigenvalue weighted by molar-refractivity contribution is 7.09. The van der Waals surface area contributed by atoms with E-state index in [1.54, 1.807) is 11.3 Å². The molecule has 3 heterocycles. The first-order valence-electron chi connectivity index (χ1n) is 7.52. The van der Waals surface area contributed by atoms with E-state index in [-0.39, 0.29) is 5.91 Å². The number of thiazole rings is 1. The Bertz CT molecular complexity index is 521. The molecule has 1 amide bonds. The number of amides is 1. The zero-order valence-electron chi connectivity index (χ0n) is 13.1. The van der Waals surface area contributed by atoms with Crippen molar-refractivity contribution in [2.75, 3.05) is 46.8 Å². The van der Waals surface area contributed by atoms with Gasteiger partial charge < -0.3 is 9.80 Å². The Kier molecular flexibility index (Phi) is 4.03. The van der Waals surface area contributed by atoms with E-state index in [4.69, 9.17) is 0 Å². The van der Waals surface area contributed by atoms with Crippen LogP contribution in [0.1, 0.15) is 17.1 Å². The van der Waals surface area contributed by atoms with Gasteiger partial charge in [-0.15, -0.1) is 11.3 Å². The van der Waals surface area contributed by atoms with Crippen LogP contribution in [0.15, 0.2) is 5.38 Å². The number of aryl methyl sites for hydroxylation is 1. The first-order chi connectivity index (χ1) is 9.96. The average Bonchev–Trinajstić information content (AvgIpc) is 2.94. The summed E-state index contributed by atoms with van der Waals surface area (Å²) in [5, 5.41) is 3.30. The van der Waals surface area contributed by atoms with Gasteiger partial charge in [-0.1, -0.05) is 0 Å². The lowest BCUT2D eigenvalue weighted by atomic mass is 9.79. The average molecular weight is 308 g/mol. The number of carbonyl (C=O) groups excluding carboxylic acids is 1. The Balaban J connectivity index is 1.48. The summed E-state index contributed by atoms with van der Waals surface area (Å²) < 4.78 is 0. The summed E-state index contributed by atoms with van der Waals surface area (Å²) in [5.41, 5.74) is 1.54. The molecule has 1 spiro atoms. The fourth-order valence-corrected chi connectivity index (χ4v) is 4.04. The highest BCUT2D eigenvalue weighted by Gasteiger charge is 2.48. The number of nitrogens with zero attached hydrogens (tertiary/aromatic N) is 4. The lowest BCUT2D eigenvalue weighted by Gasteiger charge is -2.48. The summed E-state index contributed by atoms with van der Waals surface area (Å²) in [5.74, 6) is 0.263. The van der Waals surface area contributed by atoms with E-state index < -0.39 is 0 Å². The van der Waals surface area contributed by atoms with E-state index in [2.05, 4.69) is 22.2 Å². The van der Waals surface area contributed by atoms with Gasteiger partial charge in [0, 0.05) is 37.0 Å². The van der Waals surface area contributed by atoms with Gasteiger partial charge in [-0.2, -0.15) is 0 Å². The van der Waals surface area contributed by atoms with Crippen molar-refractivity contribution in [2.24, 2.45) is 5.41 Å². The van der Waals surface area contributed by atoms with Crippen LogP contribution in [0.25, 0.3) is 0 Å². The number of likely N-dealkylation sites (N-methyl/N-ethyl adjacent to an activating group) is 1. The zero-order valence-corrected chi connectivity index (χ0v) is 13.9. The van der Waals surface area contributed by atoms with Crippen molar-refractivity contribution in [3.63, 3.8) is 0 Å². The molecule has 0 bridgehead atoms. The van der Waals surface area contributed by atoms with Gasteiger partial charge in [-0.05, 0) is 34.0 Å². The molecule has 2 fully saturated rings. The molecule has 21 heavy (non-hydrogen) atoms. The molecular formula is C15H24N4OS. The third-order valence-corrected chi connectivity index (χ3v) is 5.25. The Morgan fingerprint density at radius 1 is 1.43 bits per heavy atom. The molecule has 2 aliphatic heterocycles. The molecule has 2 saturated heterocycles. The Morgan fingerprint density at radius 3 is 2.81 bits per heavy atom. The van der Waals surface area contributed by atoms with Crippen LogP contribution >= 0.6 is 11.3 Å². The van der Waals surface area contributed by atoms with Crippen molar-refractivity contribution in [1.82, 2.24) is 19.7 Å². The van der Waals surface area contributed by atoms with Crippen LogP contribution in [0.5, 0.6) is 0 Å². The van der Waals surface area contributed by atoms with Crippen molar-refractivity contribution in [1.29, 1.82) is 0 Å². The van der Waals surface area contributed by atoms with Gasteiger partial charge in [0.15, 0.2) is 0 Å². The van der Waals surface area contributed by atoms with Crippen LogP contribution in [0, 0.1) is 12.3 Å². The maximum absolute atomic E-state index is 12.0. The van der Waals surface area contributed by atoms with Crippen molar-refractivity contribution >= 4 is 17.2 Å². The van der Waals surface area contributed by atoms with Crippen LogP contribution in [0.3, 0.4) is 0 Å². The van der Waals surface area contributed by atoms with Crippen molar-refractivity contribution < 1.29 is 4.79 Å². The number of carbonyl (C=O) groups is 1. The molecule has 0 aromatic carbocycles. The van der Waals surface area contributed by atoms with E-state index in [1.807, 2.05) is 23.9 Å². The van der Waals surface area contributed by atoms with E-state index >= 15 is 0 Å². The van der Waals surface area contributed by atoms with Gasteiger partial charge in [0.1, 0.15) is 0 Å². The smallest absolute Gasteiger partial charge is 0.236 e. The summed E-state index contributed by atoms with van der Waals surface area (Å²) >= 11 is 1.72. The van der Waals surface area contributed by atoms with Gasteiger partial charge in [0.2, 0.25) is 5.91 Å². The highest BCUT2D eigenvalue weighted by Crippen LogP contribution is 2.40. The molecule has 116 valence electrons. The van der Waals surface area contributed by atoms with Crippen molar-refractivity contribution in [3.05, 3.63) is 16.1 Å². The second-order valence-electron chi connectivity index (χ2n) is 6.81. The molecule has 3 rings (SSSR count). The van der Waals surface area contributed by atoms with Gasteiger partial charge in [-0.25, -0.2) is 4.98 Å². The van der Waals surface area contributed by atoms with Crippen LogP contribution in [-0.4, -0.2) is 72.4 Å². The quantitative estimate of drug-likeness (QED) is 0.833. The van der Waals surface area contributed by atoms with Gasteiger partial charge >= 0.3 is 0 Å². The summed E-state index contributed by atoms with van der Waals surface area (Å²) in [6.45, 7) is 7.65. The molecule has 1 aromatic heterocycles. The number of hydrogen-bond donors (Lipinski definition) is 0. The number of likely N-dealkylation sites (tertiary alicyclic amines) is 2. The van der Waals surface area contributed by atoms with E-state index in [0.717, 1.165) is 37.7 Å². The molecule has 0 atom stereocenters. The molecule has 1 aromatic rings. The third kappa shape index (κ3) is 3.27. The van der Waals surface area contributed by atoms with Crippen LogP contribution in [-0.2, 0) is 11.3 Å². The number of hydrogen-bond acceptors (Lipinski definition) is 5. The molecule has 2 aliphatic rings. The SMILES string of the molecule is Cc1nc(CN2CCC3(C2)CN(C(=O)CN(C)C)C3)cs1. The van der Waals surface area contributed by atoms with Crippen molar-refractivity contribution in [3.8, 4) is 0 Å². The first-order valence-corrected chi connectivity index (χ1v) is 8.40. The minimum atomic E-state index is 0.263. The zero-order chi connectivity index (χ0) is 15.0. The predicted molar refractivity (Wildman–Crippen MR) is 84.3 cm³/mol. The van der Waals surface area contributed by atoms with Crippen molar-refractivity contribution in [2.45, 2.75) is 19.9 Å². The van der Waals surface area contributed by atoms with E-state index in [0.29, 0.717) is 12.0 Å². The molecule has 6 heteroatoms. The van der Waals surface area contributed by atoms with Gasteiger partial charge in [0.05, 0.1) is 17.2 Å². The van der Waals surface area contributed by atoms with E-state index in [9.17, 15) is 4.79 Å². The maximum atomic E-state index is 12.0. The number of aromatic nitrogens is 1. The van der Waals surface area contributed by atoms with Crippen LogP contribution in [0.2, 0.25) is 0 Å². The fourth-order valence-electron chi connectivity index (χ4n) is 3.44. The highest BCUT2D eigenvalue weighted by atomic mass is 32.1. The Morgan fingerprint density at radius 2 is 2.19 bits per heavy atom. The molecule has 0 unspecified atom stereocenters. The maximum Gasteiger partial charge on any atom is 0.236 e. The second kappa shape index (κ2) is 5.66. The monoisotopic (exact) mass is 308 g/mol. The topological polar surface area (TPSA) is 39.7 Å². The summed E-state index contributed by atoms with van der Waals surface area (Å²) in [6.07, 6.45) is 1.21. The van der Waals surface area contributed by atoms with E-state index in [1.165, 1.54) is 12.1 Å². The first kappa shape index (κ1) is 14.9. The standard InChI is InChI=1S/C15H24N4OS/c1-12-16-13(8-21-12)6-18-5-4-15(9-18)10-19(11-15)14(20)7-17(2)3/h8H,4-7,9-11H2,1-3H3.